The van der Waals surface area contributed by atoms with Crippen LogP contribution in [0.4, 0.5) is 14.5 Å². The van der Waals surface area contributed by atoms with E-state index >= 15 is 0 Å². The van der Waals surface area contributed by atoms with Crippen LogP contribution in [0.1, 0.15) is 33.6 Å². The van der Waals surface area contributed by atoms with E-state index in [4.69, 9.17) is 0 Å². The van der Waals surface area contributed by atoms with Crippen LogP contribution in [-0.4, -0.2) is 6.04 Å². The molecule has 1 aromatic carbocycles. The highest BCUT2D eigenvalue weighted by molar-refractivity contribution is 9.10. The van der Waals surface area contributed by atoms with Crippen molar-refractivity contribution < 1.29 is 8.78 Å². The molecule has 2 atom stereocenters. The summed E-state index contributed by atoms with van der Waals surface area (Å²) < 4.78 is 27.2. The van der Waals surface area contributed by atoms with Crippen LogP contribution in [0.15, 0.2) is 16.6 Å². The molecular formula is C14H18BrF2N. The first-order valence-corrected chi connectivity index (χ1v) is 6.99. The van der Waals surface area contributed by atoms with Gasteiger partial charge in [0.05, 0.1) is 5.69 Å². The van der Waals surface area contributed by atoms with Crippen molar-refractivity contribution in [1.29, 1.82) is 0 Å². The zero-order valence-electron chi connectivity index (χ0n) is 10.9. The lowest BCUT2D eigenvalue weighted by Gasteiger charge is -2.21. The Hall–Kier alpha value is -0.640. The van der Waals surface area contributed by atoms with Crippen LogP contribution in [-0.2, 0) is 0 Å². The number of rotatable bonds is 2. The van der Waals surface area contributed by atoms with Crippen molar-refractivity contribution >= 4 is 21.6 Å². The van der Waals surface area contributed by atoms with Gasteiger partial charge in [-0.1, -0.05) is 20.8 Å². The summed E-state index contributed by atoms with van der Waals surface area (Å²) in [6, 6.07) is 2.44. The molecule has 1 aromatic rings. The maximum absolute atomic E-state index is 13.8. The highest BCUT2D eigenvalue weighted by Crippen LogP contribution is 2.43. The number of nitrogens with one attached hydrogen (secondary N) is 1. The maximum Gasteiger partial charge on any atom is 0.150 e. The van der Waals surface area contributed by atoms with Gasteiger partial charge in [0.2, 0.25) is 0 Å². The third-order valence-electron chi connectivity index (χ3n) is 3.67. The van der Waals surface area contributed by atoms with E-state index in [2.05, 4.69) is 42.0 Å². The van der Waals surface area contributed by atoms with Crippen LogP contribution < -0.4 is 5.32 Å². The minimum atomic E-state index is -0.565. The minimum absolute atomic E-state index is 0.233. The van der Waals surface area contributed by atoms with Crippen molar-refractivity contribution in [2.24, 2.45) is 11.3 Å². The topological polar surface area (TPSA) is 12.0 Å². The van der Waals surface area contributed by atoms with Crippen LogP contribution in [0.2, 0.25) is 0 Å². The van der Waals surface area contributed by atoms with Crippen molar-refractivity contribution in [2.75, 3.05) is 5.32 Å². The van der Waals surface area contributed by atoms with E-state index in [1.54, 1.807) is 0 Å². The molecular weight excluding hydrogens is 300 g/mol. The highest BCUT2D eigenvalue weighted by Gasteiger charge is 2.37. The summed E-state index contributed by atoms with van der Waals surface area (Å²) in [5, 5.41) is 3.22. The highest BCUT2D eigenvalue weighted by atomic mass is 79.9. The molecule has 1 saturated carbocycles. The lowest BCUT2D eigenvalue weighted by Crippen LogP contribution is -2.23. The lowest BCUT2D eigenvalue weighted by atomic mass is 9.91. The molecule has 2 unspecified atom stereocenters. The number of hydrogen-bond acceptors (Lipinski definition) is 1. The van der Waals surface area contributed by atoms with Crippen molar-refractivity contribution in [1.82, 2.24) is 0 Å². The fraction of sp³-hybridized carbons (Fsp3) is 0.571. The number of halogens is 3. The Labute approximate surface area is 115 Å². The predicted octanol–water partition coefficient (Wildman–Crippen LogP) is 4.96. The molecule has 0 saturated heterocycles. The predicted molar refractivity (Wildman–Crippen MR) is 73.6 cm³/mol. The quantitative estimate of drug-likeness (QED) is 0.812. The minimum Gasteiger partial charge on any atom is -0.379 e. The summed E-state index contributed by atoms with van der Waals surface area (Å²) in [5.41, 5.74) is 0.644. The van der Waals surface area contributed by atoms with Gasteiger partial charge in [-0.3, -0.25) is 0 Å². The molecule has 1 N–H and O–H groups in total. The van der Waals surface area contributed by atoms with Crippen LogP contribution in [0.3, 0.4) is 0 Å². The Morgan fingerprint density at radius 3 is 2.44 bits per heavy atom. The third kappa shape index (κ3) is 2.85. The van der Waals surface area contributed by atoms with Gasteiger partial charge in [0.15, 0.2) is 0 Å². The van der Waals surface area contributed by atoms with Crippen LogP contribution in [0.5, 0.6) is 0 Å². The second kappa shape index (κ2) is 4.80. The fourth-order valence-corrected chi connectivity index (χ4v) is 3.48. The summed E-state index contributed by atoms with van der Waals surface area (Å²) in [7, 11) is 0. The summed E-state index contributed by atoms with van der Waals surface area (Å²) in [6.07, 6.45) is 2.11. The average molecular weight is 318 g/mol. The SMILES string of the molecule is CC1CC(C)(C)CC1Nc1c(F)cc(F)cc1Br. The molecule has 0 heterocycles. The molecule has 1 fully saturated rings. The molecule has 4 heteroatoms. The van der Waals surface area contributed by atoms with Gasteiger partial charge < -0.3 is 5.32 Å². The van der Waals surface area contributed by atoms with Crippen molar-refractivity contribution in [3.8, 4) is 0 Å². The van der Waals surface area contributed by atoms with E-state index in [1.165, 1.54) is 6.07 Å². The van der Waals surface area contributed by atoms with E-state index in [9.17, 15) is 8.78 Å². The smallest absolute Gasteiger partial charge is 0.150 e. The standard InChI is InChI=1S/C14H18BrF2N/c1-8-6-14(2,3)7-12(8)18-13-10(15)4-9(16)5-11(13)17/h4-5,8,12,18H,6-7H2,1-3H3. The first-order valence-electron chi connectivity index (χ1n) is 6.19. The lowest BCUT2D eigenvalue weighted by molar-refractivity contribution is 0.366. The normalized spacial score (nSPS) is 26.3. The average Bonchev–Trinajstić information content (AvgIpc) is 2.45. The van der Waals surface area contributed by atoms with Gasteiger partial charge in [-0.15, -0.1) is 0 Å². The van der Waals surface area contributed by atoms with Gasteiger partial charge >= 0.3 is 0 Å². The zero-order valence-corrected chi connectivity index (χ0v) is 12.4. The van der Waals surface area contributed by atoms with Crippen LogP contribution >= 0.6 is 15.9 Å². The van der Waals surface area contributed by atoms with Gasteiger partial charge in [0, 0.05) is 16.6 Å². The zero-order chi connectivity index (χ0) is 13.5. The molecule has 0 aliphatic heterocycles. The summed E-state index contributed by atoms with van der Waals surface area (Å²) in [5.74, 6) is -0.625. The number of hydrogen-bond donors (Lipinski definition) is 1. The Morgan fingerprint density at radius 1 is 1.28 bits per heavy atom. The second-order valence-corrected chi connectivity index (χ2v) is 6.90. The molecule has 0 amide bonds. The fourth-order valence-electron chi connectivity index (χ4n) is 2.95. The molecule has 0 spiro atoms. The van der Waals surface area contributed by atoms with Crippen molar-refractivity contribution in [2.45, 2.75) is 39.7 Å². The van der Waals surface area contributed by atoms with Gasteiger partial charge in [-0.25, -0.2) is 8.78 Å². The largest absolute Gasteiger partial charge is 0.379 e. The Bertz CT molecular complexity index is 436. The Morgan fingerprint density at radius 2 is 1.94 bits per heavy atom. The van der Waals surface area contributed by atoms with Gasteiger partial charge in [-0.2, -0.15) is 0 Å². The summed E-state index contributed by atoms with van der Waals surface area (Å²) in [6.45, 7) is 6.62. The first kappa shape index (κ1) is 13.8. The molecule has 1 aliphatic carbocycles. The van der Waals surface area contributed by atoms with Gasteiger partial charge in [-0.05, 0) is 46.2 Å². The van der Waals surface area contributed by atoms with Crippen molar-refractivity contribution in [3.63, 3.8) is 0 Å². The summed E-state index contributed by atoms with van der Waals surface area (Å²) in [4.78, 5) is 0. The maximum atomic E-state index is 13.8. The van der Waals surface area contributed by atoms with Crippen molar-refractivity contribution in [3.05, 3.63) is 28.2 Å². The molecule has 2 rings (SSSR count). The molecule has 1 aliphatic rings. The molecule has 0 radical (unpaired) electrons. The van der Waals surface area contributed by atoms with E-state index in [1.807, 2.05) is 0 Å². The van der Waals surface area contributed by atoms with Gasteiger partial charge in [0.1, 0.15) is 11.6 Å². The van der Waals surface area contributed by atoms with E-state index < -0.39 is 11.6 Å². The molecule has 100 valence electrons. The molecule has 18 heavy (non-hydrogen) atoms. The first-order chi connectivity index (χ1) is 8.28. The summed E-state index contributed by atoms with van der Waals surface area (Å²) >= 11 is 3.21. The van der Waals surface area contributed by atoms with E-state index in [0.717, 1.165) is 18.9 Å². The Balaban J connectivity index is 2.20. The monoisotopic (exact) mass is 317 g/mol. The third-order valence-corrected chi connectivity index (χ3v) is 4.30. The van der Waals surface area contributed by atoms with E-state index in [-0.39, 0.29) is 11.5 Å². The van der Waals surface area contributed by atoms with Crippen LogP contribution in [0, 0.1) is 23.0 Å². The van der Waals surface area contributed by atoms with E-state index in [0.29, 0.717) is 16.1 Å². The Kier molecular flexibility index (Phi) is 3.67. The molecule has 0 aromatic heterocycles. The van der Waals surface area contributed by atoms with Gasteiger partial charge in [0.25, 0.3) is 0 Å². The van der Waals surface area contributed by atoms with Crippen LogP contribution in [0.25, 0.3) is 0 Å². The second-order valence-electron chi connectivity index (χ2n) is 6.05. The molecule has 0 bridgehead atoms. The number of anilines is 1. The number of benzene rings is 1. The molecule has 1 nitrogen and oxygen atoms in total.